The summed E-state index contributed by atoms with van der Waals surface area (Å²) < 4.78 is 0. The molecule has 0 aliphatic rings. The maximum Gasteiger partial charge on any atom is 0.267 e. The number of hydrogen-bond donors (Lipinski definition) is 2. The van der Waals surface area contributed by atoms with Gasteiger partial charge >= 0.3 is 0 Å². The zero-order valence-corrected chi connectivity index (χ0v) is 6.46. The van der Waals surface area contributed by atoms with Gasteiger partial charge in [-0.25, -0.2) is 5.10 Å². The molecule has 0 unspecified atom stereocenters. The van der Waals surface area contributed by atoms with Crippen molar-refractivity contribution < 1.29 is 5.11 Å². The molecule has 1 heterocycles. The summed E-state index contributed by atoms with van der Waals surface area (Å²) in [5, 5.41) is 15.1. The Balaban J connectivity index is 3.20. The van der Waals surface area contributed by atoms with Crippen molar-refractivity contribution in [1.29, 1.82) is 0 Å². The lowest BCUT2D eigenvalue weighted by Gasteiger charge is -2.03. The summed E-state index contributed by atoms with van der Waals surface area (Å²) in [6.07, 6.45) is 0. The molecule has 0 atom stereocenters. The van der Waals surface area contributed by atoms with Gasteiger partial charge in [0.15, 0.2) is 0 Å². The van der Waals surface area contributed by atoms with Crippen molar-refractivity contribution in [1.82, 2.24) is 10.2 Å². The van der Waals surface area contributed by atoms with Gasteiger partial charge in [-0.05, 0) is 0 Å². The maximum atomic E-state index is 10.6. The number of aromatic nitrogens is 2. The molecule has 11 heavy (non-hydrogen) atoms. The summed E-state index contributed by atoms with van der Waals surface area (Å²) in [5.41, 5.74) is 0.136. The zero-order chi connectivity index (χ0) is 8.43. The fourth-order valence-electron chi connectivity index (χ4n) is 0.828. The van der Waals surface area contributed by atoms with Gasteiger partial charge in [0.1, 0.15) is 11.4 Å². The van der Waals surface area contributed by atoms with E-state index in [0.717, 1.165) is 6.07 Å². The molecule has 0 spiro atoms. The van der Waals surface area contributed by atoms with E-state index in [9.17, 15) is 9.90 Å². The standard InChI is InChI=1S/C7H10N2O2/c1-4(2)7-5(10)3-6(11)8-9-7/h3-4H,1-2H3,(H2,8,10,11). The molecular weight excluding hydrogens is 144 g/mol. The quantitative estimate of drug-likeness (QED) is 0.622. The lowest BCUT2D eigenvalue weighted by molar-refractivity contribution is 0.455. The van der Waals surface area contributed by atoms with E-state index in [1.165, 1.54) is 0 Å². The van der Waals surface area contributed by atoms with Gasteiger partial charge < -0.3 is 5.11 Å². The van der Waals surface area contributed by atoms with Crippen LogP contribution in [0.1, 0.15) is 25.5 Å². The Morgan fingerprint density at radius 1 is 1.64 bits per heavy atom. The topological polar surface area (TPSA) is 66.0 Å². The van der Waals surface area contributed by atoms with Crippen LogP contribution in [-0.2, 0) is 0 Å². The predicted octanol–water partition coefficient (Wildman–Crippen LogP) is 0.599. The summed E-state index contributed by atoms with van der Waals surface area (Å²) in [7, 11) is 0. The minimum Gasteiger partial charge on any atom is -0.506 e. The highest BCUT2D eigenvalue weighted by molar-refractivity contribution is 5.25. The van der Waals surface area contributed by atoms with Crippen LogP contribution in [0.25, 0.3) is 0 Å². The molecule has 0 aliphatic heterocycles. The number of rotatable bonds is 1. The van der Waals surface area contributed by atoms with Gasteiger partial charge in [-0.1, -0.05) is 13.8 Å². The monoisotopic (exact) mass is 154 g/mol. The minimum absolute atomic E-state index is 0.0382. The fraction of sp³-hybridized carbons (Fsp3) is 0.429. The zero-order valence-electron chi connectivity index (χ0n) is 6.46. The first kappa shape index (κ1) is 7.78. The van der Waals surface area contributed by atoms with Crippen molar-refractivity contribution in [2.24, 2.45) is 0 Å². The third-order valence-corrected chi connectivity index (χ3v) is 1.36. The third kappa shape index (κ3) is 1.58. The van der Waals surface area contributed by atoms with E-state index in [1.54, 1.807) is 0 Å². The predicted molar refractivity (Wildman–Crippen MR) is 40.6 cm³/mol. The number of aromatic hydroxyl groups is 1. The van der Waals surface area contributed by atoms with Gasteiger partial charge in [-0.3, -0.25) is 4.79 Å². The van der Waals surface area contributed by atoms with Crippen molar-refractivity contribution in [3.05, 3.63) is 22.1 Å². The second-order valence-electron chi connectivity index (χ2n) is 2.66. The lowest BCUT2D eigenvalue weighted by Crippen LogP contribution is -2.08. The summed E-state index contributed by atoms with van der Waals surface area (Å²) in [6.45, 7) is 3.78. The fourth-order valence-corrected chi connectivity index (χ4v) is 0.828. The molecule has 0 saturated heterocycles. The molecule has 4 heteroatoms. The van der Waals surface area contributed by atoms with Crippen molar-refractivity contribution in [3.8, 4) is 5.75 Å². The SMILES string of the molecule is CC(C)c1n[nH]c(=O)cc1O. The molecular formula is C7H10N2O2. The molecule has 0 aliphatic carbocycles. The maximum absolute atomic E-state index is 10.6. The second-order valence-corrected chi connectivity index (χ2v) is 2.66. The average Bonchev–Trinajstić information content (AvgIpc) is 1.85. The summed E-state index contributed by atoms with van der Waals surface area (Å²) in [5.74, 6) is 0.0793. The minimum atomic E-state index is -0.382. The molecule has 0 aromatic carbocycles. The molecule has 0 fully saturated rings. The molecule has 0 saturated carbocycles. The Morgan fingerprint density at radius 3 is 2.73 bits per heavy atom. The smallest absolute Gasteiger partial charge is 0.267 e. The number of H-pyrrole nitrogens is 1. The highest BCUT2D eigenvalue weighted by atomic mass is 16.3. The Kier molecular flexibility index (Phi) is 1.94. The molecule has 4 nitrogen and oxygen atoms in total. The Hall–Kier alpha value is -1.32. The second kappa shape index (κ2) is 2.74. The normalized spacial score (nSPS) is 10.5. The molecule has 0 bridgehead atoms. The van der Waals surface area contributed by atoms with Crippen LogP contribution < -0.4 is 5.56 Å². The van der Waals surface area contributed by atoms with Gasteiger partial charge in [-0.15, -0.1) is 0 Å². The number of nitrogens with zero attached hydrogens (tertiary/aromatic N) is 1. The van der Waals surface area contributed by atoms with Crippen LogP contribution in [0.2, 0.25) is 0 Å². The highest BCUT2D eigenvalue weighted by Crippen LogP contribution is 2.18. The summed E-state index contributed by atoms with van der Waals surface area (Å²) >= 11 is 0. The van der Waals surface area contributed by atoms with E-state index in [-0.39, 0.29) is 17.2 Å². The molecule has 2 N–H and O–H groups in total. The number of nitrogens with one attached hydrogen (secondary N) is 1. The van der Waals surface area contributed by atoms with Crippen molar-refractivity contribution in [2.75, 3.05) is 0 Å². The molecule has 0 amide bonds. The van der Waals surface area contributed by atoms with E-state index in [2.05, 4.69) is 10.2 Å². The van der Waals surface area contributed by atoms with Gasteiger partial charge in [0, 0.05) is 12.0 Å². The first-order chi connectivity index (χ1) is 5.11. The molecule has 0 radical (unpaired) electrons. The Morgan fingerprint density at radius 2 is 2.27 bits per heavy atom. The van der Waals surface area contributed by atoms with Gasteiger partial charge in [-0.2, -0.15) is 5.10 Å². The van der Waals surface area contributed by atoms with Crippen molar-refractivity contribution in [2.45, 2.75) is 19.8 Å². The van der Waals surface area contributed by atoms with Crippen LogP contribution in [0.15, 0.2) is 10.9 Å². The highest BCUT2D eigenvalue weighted by Gasteiger charge is 2.06. The number of aromatic amines is 1. The molecule has 60 valence electrons. The van der Waals surface area contributed by atoms with Crippen LogP contribution in [0.5, 0.6) is 5.75 Å². The van der Waals surface area contributed by atoms with Crippen LogP contribution in [0.4, 0.5) is 0 Å². The van der Waals surface area contributed by atoms with Gasteiger partial charge in [0.25, 0.3) is 5.56 Å². The van der Waals surface area contributed by atoms with E-state index in [1.807, 2.05) is 13.8 Å². The molecule has 1 aromatic rings. The first-order valence-corrected chi connectivity index (χ1v) is 3.40. The average molecular weight is 154 g/mol. The van der Waals surface area contributed by atoms with Crippen LogP contribution >= 0.6 is 0 Å². The van der Waals surface area contributed by atoms with E-state index in [0.29, 0.717) is 5.69 Å². The Bertz CT molecular complexity index is 304. The lowest BCUT2D eigenvalue weighted by atomic mass is 10.1. The van der Waals surface area contributed by atoms with E-state index >= 15 is 0 Å². The first-order valence-electron chi connectivity index (χ1n) is 3.40. The summed E-state index contributed by atoms with van der Waals surface area (Å²) in [4.78, 5) is 10.6. The van der Waals surface area contributed by atoms with Gasteiger partial charge in [0.05, 0.1) is 0 Å². The molecule has 1 rings (SSSR count). The van der Waals surface area contributed by atoms with Crippen molar-refractivity contribution in [3.63, 3.8) is 0 Å². The third-order valence-electron chi connectivity index (χ3n) is 1.36. The van der Waals surface area contributed by atoms with Crippen LogP contribution in [-0.4, -0.2) is 15.3 Å². The van der Waals surface area contributed by atoms with Crippen LogP contribution in [0.3, 0.4) is 0 Å². The van der Waals surface area contributed by atoms with Gasteiger partial charge in [0.2, 0.25) is 0 Å². The summed E-state index contributed by atoms with van der Waals surface area (Å²) in [6, 6.07) is 1.13. The van der Waals surface area contributed by atoms with E-state index in [4.69, 9.17) is 0 Å². The number of hydrogen-bond acceptors (Lipinski definition) is 3. The molecule has 1 aromatic heterocycles. The van der Waals surface area contributed by atoms with E-state index < -0.39 is 0 Å². The van der Waals surface area contributed by atoms with Crippen molar-refractivity contribution >= 4 is 0 Å². The largest absolute Gasteiger partial charge is 0.506 e. The Labute approximate surface area is 63.9 Å². The van der Waals surface area contributed by atoms with Crippen LogP contribution in [0, 0.1) is 0 Å².